The Kier molecular flexibility index (Phi) is 8.87. The minimum Gasteiger partial charge on any atom is -0.377 e. The number of likely N-dealkylation sites (tertiary alicyclic amines) is 1. The number of rotatable bonds is 8. The Balaban J connectivity index is 1.73. The summed E-state index contributed by atoms with van der Waals surface area (Å²) in [6.07, 6.45) is 7.51. The fourth-order valence-corrected chi connectivity index (χ4v) is 3.80. The molecule has 0 unspecified atom stereocenters. The maximum Gasteiger partial charge on any atom is 0.191 e. The second-order valence-corrected chi connectivity index (χ2v) is 9.35. The largest absolute Gasteiger partial charge is 0.377 e. The molecular weight excluding hydrogens is 352 g/mol. The first-order chi connectivity index (χ1) is 12.5. The van der Waals surface area contributed by atoms with Gasteiger partial charge in [0.2, 0.25) is 0 Å². The van der Waals surface area contributed by atoms with Gasteiger partial charge in [0.1, 0.15) is 9.84 Å². The maximum absolute atomic E-state index is 11.3. The van der Waals surface area contributed by atoms with Crippen molar-refractivity contribution >= 4 is 15.8 Å². The van der Waals surface area contributed by atoms with Crippen molar-refractivity contribution in [3.8, 4) is 0 Å². The van der Waals surface area contributed by atoms with Crippen molar-refractivity contribution in [1.29, 1.82) is 0 Å². The topological polar surface area (TPSA) is 83.0 Å². The lowest BCUT2D eigenvalue weighted by molar-refractivity contribution is 0.153. The summed E-state index contributed by atoms with van der Waals surface area (Å²) in [7, 11) is -2.88. The monoisotopic (exact) mass is 386 g/mol. The Hall–Kier alpha value is -1.12. The summed E-state index contributed by atoms with van der Waals surface area (Å²) in [5.74, 6) is 1.13. The fraction of sp³-hybridized carbons (Fsp3) is 0.833. The zero-order chi connectivity index (χ0) is 18.8. The average Bonchev–Trinajstić information content (AvgIpc) is 2.61. The van der Waals surface area contributed by atoms with Crippen LogP contribution in [0.25, 0.3) is 0 Å². The van der Waals surface area contributed by atoms with Gasteiger partial charge in [0, 0.05) is 45.0 Å². The lowest BCUT2D eigenvalue weighted by Gasteiger charge is -2.32. The third-order valence-corrected chi connectivity index (χ3v) is 5.74. The van der Waals surface area contributed by atoms with Gasteiger partial charge in [-0.25, -0.2) is 8.42 Å². The number of sulfone groups is 1. The van der Waals surface area contributed by atoms with Gasteiger partial charge in [-0.3, -0.25) is 4.99 Å². The van der Waals surface area contributed by atoms with Crippen LogP contribution in [-0.2, 0) is 14.6 Å². The first-order valence-electron chi connectivity index (χ1n) is 9.67. The summed E-state index contributed by atoms with van der Waals surface area (Å²) < 4.78 is 27.9. The number of guanidine groups is 1. The summed E-state index contributed by atoms with van der Waals surface area (Å²) in [6.45, 7) is 7.76. The highest BCUT2D eigenvalue weighted by atomic mass is 32.2. The van der Waals surface area contributed by atoms with E-state index in [1.54, 1.807) is 0 Å². The Morgan fingerprint density at radius 1 is 1.38 bits per heavy atom. The van der Waals surface area contributed by atoms with Crippen molar-refractivity contribution in [3.63, 3.8) is 0 Å². The molecule has 0 spiro atoms. The summed E-state index contributed by atoms with van der Waals surface area (Å²) >= 11 is 0. The summed E-state index contributed by atoms with van der Waals surface area (Å²) in [4.78, 5) is 6.95. The van der Waals surface area contributed by atoms with Gasteiger partial charge >= 0.3 is 0 Å². The third kappa shape index (κ3) is 8.51. The normalized spacial score (nSPS) is 20.7. The molecule has 0 aromatic rings. The van der Waals surface area contributed by atoms with Crippen LogP contribution in [0.2, 0.25) is 0 Å². The van der Waals surface area contributed by atoms with Crippen LogP contribution in [0, 0.1) is 0 Å². The molecule has 7 nitrogen and oxygen atoms in total. The summed E-state index contributed by atoms with van der Waals surface area (Å²) in [5.41, 5.74) is 1.44. The first-order valence-corrected chi connectivity index (χ1v) is 11.7. The van der Waals surface area contributed by atoms with Crippen molar-refractivity contribution in [2.24, 2.45) is 4.99 Å². The summed E-state index contributed by atoms with van der Waals surface area (Å²) in [6, 6.07) is 0.393. The molecule has 150 valence electrons. The SMILES string of the molecule is CCNC(=NCCC1=CCOCC1)NC1CCN(CCS(C)(=O)=O)CC1. The second kappa shape index (κ2) is 10.9. The van der Waals surface area contributed by atoms with E-state index in [9.17, 15) is 8.42 Å². The molecular formula is C18H34N4O3S. The highest BCUT2D eigenvalue weighted by molar-refractivity contribution is 7.90. The molecule has 2 aliphatic heterocycles. The highest BCUT2D eigenvalue weighted by Crippen LogP contribution is 2.12. The van der Waals surface area contributed by atoms with Gasteiger partial charge in [0.25, 0.3) is 0 Å². The number of piperidine rings is 1. The van der Waals surface area contributed by atoms with E-state index >= 15 is 0 Å². The predicted molar refractivity (Wildman–Crippen MR) is 106 cm³/mol. The number of hydrogen-bond acceptors (Lipinski definition) is 5. The van der Waals surface area contributed by atoms with Crippen molar-refractivity contribution in [2.75, 3.05) is 57.9 Å². The van der Waals surface area contributed by atoms with Crippen molar-refractivity contribution in [2.45, 2.75) is 38.6 Å². The van der Waals surface area contributed by atoms with E-state index < -0.39 is 9.84 Å². The predicted octanol–water partition coefficient (Wildman–Crippen LogP) is 0.787. The van der Waals surface area contributed by atoms with Gasteiger partial charge in [0.15, 0.2) is 5.96 Å². The molecule has 0 aromatic heterocycles. The number of hydrogen-bond donors (Lipinski definition) is 2. The van der Waals surface area contributed by atoms with Crippen molar-refractivity contribution in [3.05, 3.63) is 11.6 Å². The lowest BCUT2D eigenvalue weighted by atomic mass is 10.1. The molecule has 0 aromatic carbocycles. The molecule has 2 heterocycles. The van der Waals surface area contributed by atoms with Gasteiger partial charge in [-0.2, -0.15) is 0 Å². The number of ether oxygens (including phenoxy) is 1. The molecule has 1 saturated heterocycles. The van der Waals surface area contributed by atoms with Crippen LogP contribution in [0.3, 0.4) is 0 Å². The van der Waals surface area contributed by atoms with Crippen LogP contribution in [0.5, 0.6) is 0 Å². The van der Waals surface area contributed by atoms with E-state index in [-0.39, 0.29) is 5.75 Å². The van der Waals surface area contributed by atoms with E-state index in [2.05, 4.69) is 28.5 Å². The number of aliphatic imine (C=N–C) groups is 1. The second-order valence-electron chi connectivity index (χ2n) is 7.09. The Morgan fingerprint density at radius 2 is 2.15 bits per heavy atom. The van der Waals surface area contributed by atoms with E-state index in [0.29, 0.717) is 12.6 Å². The molecule has 0 amide bonds. The van der Waals surface area contributed by atoms with Crippen LogP contribution in [0.4, 0.5) is 0 Å². The van der Waals surface area contributed by atoms with Crippen LogP contribution >= 0.6 is 0 Å². The lowest BCUT2D eigenvalue weighted by Crippen LogP contribution is -2.49. The van der Waals surface area contributed by atoms with Gasteiger partial charge in [-0.1, -0.05) is 11.6 Å². The zero-order valence-electron chi connectivity index (χ0n) is 16.2. The van der Waals surface area contributed by atoms with E-state index in [1.165, 1.54) is 11.8 Å². The number of nitrogens with one attached hydrogen (secondary N) is 2. The van der Waals surface area contributed by atoms with Gasteiger partial charge in [-0.15, -0.1) is 0 Å². The standard InChI is InChI=1S/C18H34N4O3S/c1-3-19-18(20-9-4-16-7-13-25-14-8-16)21-17-5-10-22(11-6-17)12-15-26(2,23)24/h7,17H,3-6,8-15H2,1-2H3,(H2,19,20,21). The molecule has 2 rings (SSSR count). The first kappa shape index (κ1) is 21.2. The molecule has 0 aliphatic carbocycles. The fourth-order valence-electron chi connectivity index (χ4n) is 3.21. The molecule has 1 fully saturated rings. The minimum absolute atomic E-state index is 0.246. The van der Waals surface area contributed by atoms with Gasteiger partial charge < -0.3 is 20.3 Å². The maximum atomic E-state index is 11.3. The molecule has 0 radical (unpaired) electrons. The summed E-state index contributed by atoms with van der Waals surface area (Å²) in [5, 5.41) is 6.86. The molecule has 0 saturated carbocycles. The quantitative estimate of drug-likeness (QED) is 0.365. The zero-order valence-corrected chi connectivity index (χ0v) is 17.0. The van der Waals surface area contributed by atoms with Crippen molar-refractivity contribution in [1.82, 2.24) is 15.5 Å². The Morgan fingerprint density at radius 3 is 2.77 bits per heavy atom. The molecule has 0 bridgehead atoms. The Bertz CT molecular complexity index is 581. The van der Waals surface area contributed by atoms with Gasteiger partial charge in [0.05, 0.1) is 19.0 Å². The third-order valence-electron chi connectivity index (χ3n) is 4.81. The molecule has 2 N–H and O–H groups in total. The van der Waals surface area contributed by atoms with Crippen LogP contribution in [0.15, 0.2) is 16.6 Å². The van der Waals surface area contributed by atoms with Crippen LogP contribution in [0.1, 0.15) is 32.6 Å². The molecule has 8 heteroatoms. The highest BCUT2D eigenvalue weighted by Gasteiger charge is 2.20. The van der Waals surface area contributed by atoms with E-state index in [0.717, 1.165) is 71.0 Å². The Labute approximate surface area is 158 Å². The van der Waals surface area contributed by atoms with E-state index in [1.807, 2.05) is 0 Å². The van der Waals surface area contributed by atoms with Crippen molar-refractivity contribution < 1.29 is 13.2 Å². The molecule has 26 heavy (non-hydrogen) atoms. The number of nitrogens with zero attached hydrogens (tertiary/aromatic N) is 2. The van der Waals surface area contributed by atoms with Crippen LogP contribution in [-0.4, -0.2) is 83.3 Å². The van der Waals surface area contributed by atoms with Gasteiger partial charge in [-0.05, 0) is 32.6 Å². The van der Waals surface area contributed by atoms with E-state index in [4.69, 9.17) is 9.73 Å². The average molecular weight is 387 g/mol. The smallest absolute Gasteiger partial charge is 0.191 e. The van der Waals surface area contributed by atoms with Crippen LogP contribution < -0.4 is 10.6 Å². The molecule has 2 aliphatic rings. The minimum atomic E-state index is -2.88. The molecule has 0 atom stereocenters.